The predicted octanol–water partition coefficient (Wildman–Crippen LogP) is 1.27. The molecule has 1 aromatic rings. The minimum atomic E-state index is -0.896. The molecule has 78 valence electrons. The third-order valence-corrected chi connectivity index (χ3v) is 2.36. The van der Waals surface area contributed by atoms with Crippen LogP contribution in [-0.4, -0.2) is 23.7 Å². The van der Waals surface area contributed by atoms with Gasteiger partial charge >= 0.3 is 5.97 Å². The molecule has 2 rings (SSSR count). The third kappa shape index (κ3) is 2.05. The Morgan fingerprint density at radius 3 is 2.60 bits per heavy atom. The van der Waals surface area contributed by atoms with E-state index in [9.17, 15) is 9.18 Å². The van der Waals surface area contributed by atoms with Crippen molar-refractivity contribution in [3.8, 4) is 0 Å². The predicted molar refractivity (Wildman–Crippen MR) is 53.8 cm³/mol. The van der Waals surface area contributed by atoms with Crippen LogP contribution < -0.4 is 5.32 Å². The van der Waals surface area contributed by atoms with Gasteiger partial charge in [-0.3, -0.25) is 10.1 Å². The third-order valence-electron chi connectivity index (χ3n) is 2.36. The Hall–Kier alpha value is -1.68. The summed E-state index contributed by atoms with van der Waals surface area (Å²) in [5.41, 5.74) is 1.75. The second-order valence-corrected chi connectivity index (χ2v) is 3.40. The van der Waals surface area contributed by atoms with E-state index in [2.05, 4.69) is 5.32 Å². The fourth-order valence-corrected chi connectivity index (χ4v) is 1.56. The van der Waals surface area contributed by atoms with Crippen molar-refractivity contribution in [1.29, 1.82) is 0 Å². The largest absolute Gasteiger partial charge is 0.480 e. The van der Waals surface area contributed by atoms with Gasteiger partial charge in [0.15, 0.2) is 0 Å². The minimum Gasteiger partial charge on any atom is -0.480 e. The van der Waals surface area contributed by atoms with E-state index in [1.807, 2.05) is 0 Å². The molecule has 4 heteroatoms. The molecule has 1 aliphatic rings. The number of hydrogen-bond acceptors (Lipinski definition) is 2. The van der Waals surface area contributed by atoms with E-state index in [1.165, 1.54) is 12.1 Å². The van der Waals surface area contributed by atoms with Crippen molar-refractivity contribution in [2.45, 2.75) is 6.04 Å². The first-order valence-electron chi connectivity index (χ1n) is 4.59. The first kappa shape index (κ1) is 9.86. The molecule has 1 aliphatic heterocycles. The van der Waals surface area contributed by atoms with E-state index in [0.717, 1.165) is 11.1 Å². The molecule has 0 aromatic heterocycles. The van der Waals surface area contributed by atoms with Crippen LogP contribution in [0.25, 0.3) is 5.57 Å². The molecule has 0 saturated heterocycles. The molecule has 0 aliphatic carbocycles. The first-order chi connectivity index (χ1) is 7.16. The summed E-state index contributed by atoms with van der Waals surface area (Å²) in [6.07, 6.45) is 1.65. The molecule has 15 heavy (non-hydrogen) atoms. The molecule has 0 saturated carbocycles. The molecule has 0 radical (unpaired) electrons. The highest BCUT2D eigenvalue weighted by atomic mass is 19.1. The molecule has 3 nitrogen and oxygen atoms in total. The van der Waals surface area contributed by atoms with Crippen LogP contribution in [-0.2, 0) is 4.79 Å². The molecule has 0 spiro atoms. The standard InChI is InChI=1S/C11H10FNO2/c12-9-3-1-7(2-4-9)8-5-10(11(14)15)13-6-8/h1-5,10,13H,6H2,(H,14,15)/t10-/m0/s1. The van der Waals surface area contributed by atoms with Gasteiger partial charge in [0, 0.05) is 6.54 Å². The van der Waals surface area contributed by atoms with Crippen LogP contribution in [0, 0.1) is 5.82 Å². The highest BCUT2D eigenvalue weighted by Crippen LogP contribution is 2.19. The molecule has 0 fully saturated rings. The van der Waals surface area contributed by atoms with E-state index in [4.69, 9.17) is 5.11 Å². The van der Waals surface area contributed by atoms with Crippen molar-refractivity contribution in [1.82, 2.24) is 5.32 Å². The molecule has 0 unspecified atom stereocenters. The summed E-state index contributed by atoms with van der Waals surface area (Å²) < 4.78 is 12.6. The van der Waals surface area contributed by atoms with Crippen LogP contribution in [0.5, 0.6) is 0 Å². The topological polar surface area (TPSA) is 49.3 Å². The molecule has 1 heterocycles. The zero-order valence-electron chi connectivity index (χ0n) is 7.90. The van der Waals surface area contributed by atoms with Gasteiger partial charge in [0.05, 0.1) is 0 Å². The minimum absolute atomic E-state index is 0.292. The van der Waals surface area contributed by atoms with Gasteiger partial charge in [-0.15, -0.1) is 0 Å². The van der Waals surface area contributed by atoms with Crippen LogP contribution in [0.4, 0.5) is 4.39 Å². The van der Waals surface area contributed by atoms with E-state index in [1.54, 1.807) is 18.2 Å². The van der Waals surface area contributed by atoms with E-state index >= 15 is 0 Å². The summed E-state index contributed by atoms with van der Waals surface area (Å²) in [6.45, 7) is 0.503. The van der Waals surface area contributed by atoms with Crippen molar-refractivity contribution in [3.63, 3.8) is 0 Å². The van der Waals surface area contributed by atoms with Gasteiger partial charge < -0.3 is 5.11 Å². The van der Waals surface area contributed by atoms with Crippen LogP contribution in [0.15, 0.2) is 30.3 Å². The fourth-order valence-electron chi connectivity index (χ4n) is 1.56. The van der Waals surface area contributed by atoms with Crippen molar-refractivity contribution in [2.24, 2.45) is 0 Å². The number of benzene rings is 1. The Kier molecular flexibility index (Phi) is 2.51. The maximum Gasteiger partial charge on any atom is 0.324 e. The van der Waals surface area contributed by atoms with Crippen molar-refractivity contribution in [3.05, 3.63) is 41.7 Å². The quantitative estimate of drug-likeness (QED) is 0.767. The lowest BCUT2D eigenvalue weighted by atomic mass is 10.1. The molecule has 1 atom stereocenters. The number of carbonyl (C=O) groups is 1. The zero-order chi connectivity index (χ0) is 10.8. The Bertz CT molecular complexity index is 411. The molecule has 2 N–H and O–H groups in total. The molecule has 0 bridgehead atoms. The monoisotopic (exact) mass is 207 g/mol. The lowest BCUT2D eigenvalue weighted by Crippen LogP contribution is -2.30. The summed E-state index contributed by atoms with van der Waals surface area (Å²) in [6, 6.07) is 5.39. The Labute approximate surface area is 86.2 Å². The Morgan fingerprint density at radius 2 is 2.07 bits per heavy atom. The van der Waals surface area contributed by atoms with Crippen molar-refractivity contribution < 1.29 is 14.3 Å². The summed E-state index contributed by atoms with van der Waals surface area (Å²) in [4.78, 5) is 10.7. The lowest BCUT2D eigenvalue weighted by molar-refractivity contribution is -0.137. The average Bonchev–Trinajstić information content (AvgIpc) is 2.68. The second-order valence-electron chi connectivity index (χ2n) is 3.40. The van der Waals surface area contributed by atoms with E-state index in [-0.39, 0.29) is 5.82 Å². The van der Waals surface area contributed by atoms with Gasteiger partial charge in [-0.2, -0.15) is 0 Å². The maximum atomic E-state index is 12.6. The molecular formula is C11H10FNO2. The molecular weight excluding hydrogens is 197 g/mol. The Balaban J connectivity index is 2.22. The average molecular weight is 207 g/mol. The summed E-state index contributed by atoms with van der Waals surface area (Å²) in [5.74, 6) is -1.19. The second kappa shape index (κ2) is 3.82. The van der Waals surface area contributed by atoms with Crippen LogP contribution in [0.1, 0.15) is 5.56 Å². The SMILES string of the molecule is O=C(O)[C@@H]1C=C(c2ccc(F)cc2)CN1. The Morgan fingerprint density at radius 1 is 1.40 bits per heavy atom. The maximum absolute atomic E-state index is 12.6. The van der Waals surface area contributed by atoms with Crippen LogP contribution >= 0.6 is 0 Å². The summed E-state index contributed by atoms with van der Waals surface area (Å²) >= 11 is 0. The van der Waals surface area contributed by atoms with Gasteiger partial charge in [0.1, 0.15) is 11.9 Å². The van der Waals surface area contributed by atoms with E-state index < -0.39 is 12.0 Å². The number of rotatable bonds is 2. The number of hydrogen-bond donors (Lipinski definition) is 2. The molecule has 1 aromatic carbocycles. The fraction of sp³-hybridized carbons (Fsp3) is 0.182. The molecule has 0 amide bonds. The number of halogens is 1. The van der Waals surface area contributed by atoms with Crippen LogP contribution in [0.2, 0.25) is 0 Å². The zero-order valence-corrected chi connectivity index (χ0v) is 7.90. The normalized spacial score (nSPS) is 20.1. The van der Waals surface area contributed by atoms with Gasteiger partial charge in [0.2, 0.25) is 0 Å². The number of carboxylic acid groups (broad SMARTS) is 1. The number of carboxylic acids is 1. The van der Waals surface area contributed by atoms with Gasteiger partial charge in [-0.25, -0.2) is 4.39 Å². The summed E-state index contributed by atoms with van der Waals surface area (Å²) in [7, 11) is 0. The highest BCUT2D eigenvalue weighted by molar-refractivity contribution is 5.83. The number of nitrogens with one attached hydrogen (secondary N) is 1. The van der Waals surface area contributed by atoms with Gasteiger partial charge in [-0.05, 0) is 23.3 Å². The van der Waals surface area contributed by atoms with Crippen LogP contribution in [0.3, 0.4) is 0 Å². The first-order valence-corrected chi connectivity index (χ1v) is 4.59. The number of aliphatic carboxylic acids is 1. The van der Waals surface area contributed by atoms with Crippen molar-refractivity contribution >= 4 is 11.5 Å². The lowest BCUT2D eigenvalue weighted by Gasteiger charge is -2.00. The van der Waals surface area contributed by atoms with Crippen molar-refractivity contribution in [2.75, 3.05) is 6.54 Å². The summed E-state index contributed by atoms with van der Waals surface area (Å²) in [5, 5.41) is 11.6. The highest BCUT2D eigenvalue weighted by Gasteiger charge is 2.21. The van der Waals surface area contributed by atoms with Gasteiger partial charge in [0.25, 0.3) is 0 Å². The van der Waals surface area contributed by atoms with E-state index in [0.29, 0.717) is 6.54 Å². The van der Waals surface area contributed by atoms with Gasteiger partial charge in [-0.1, -0.05) is 18.2 Å². The smallest absolute Gasteiger partial charge is 0.324 e.